The lowest BCUT2D eigenvalue weighted by Crippen LogP contribution is -2.30. The lowest BCUT2D eigenvalue weighted by molar-refractivity contribution is 0.203. The zero-order chi connectivity index (χ0) is 13.6. The topological polar surface area (TPSA) is 3.24 Å². The minimum atomic E-state index is 0.462. The molecule has 0 amide bonds. The van der Waals surface area contributed by atoms with Crippen molar-refractivity contribution in [3.05, 3.63) is 0 Å². The van der Waals surface area contributed by atoms with E-state index in [-0.39, 0.29) is 0 Å². The fourth-order valence-electron chi connectivity index (χ4n) is 3.13. The first-order chi connectivity index (χ1) is 7.60. The molecule has 0 fully saturated rings. The molecular weight excluding hydrogens is 206 g/mol. The summed E-state index contributed by atoms with van der Waals surface area (Å²) < 4.78 is 0. The molecule has 0 spiro atoms. The first kappa shape index (κ1) is 17.0. The first-order valence-corrected chi connectivity index (χ1v) is 7.28. The Morgan fingerprint density at radius 3 is 1.76 bits per heavy atom. The van der Waals surface area contributed by atoms with E-state index in [4.69, 9.17) is 0 Å². The highest BCUT2D eigenvalue weighted by atomic mass is 15.1. The highest BCUT2D eigenvalue weighted by Crippen LogP contribution is 2.24. The average Bonchev–Trinajstić information content (AvgIpc) is 1.95. The molecule has 0 radical (unpaired) electrons. The van der Waals surface area contributed by atoms with Crippen molar-refractivity contribution in [1.82, 2.24) is 4.90 Å². The monoisotopic (exact) mass is 241 g/mol. The molecule has 104 valence electrons. The molecule has 0 saturated heterocycles. The molecule has 2 atom stereocenters. The third kappa shape index (κ3) is 10.8. The Balaban J connectivity index is 3.88. The molecule has 0 N–H and O–H groups in total. The van der Waals surface area contributed by atoms with Crippen molar-refractivity contribution in [2.24, 2.45) is 23.2 Å². The normalized spacial score (nSPS) is 16.6. The Kier molecular flexibility index (Phi) is 7.39. The minimum Gasteiger partial charge on any atom is -0.306 e. The Morgan fingerprint density at radius 1 is 0.882 bits per heavy atom. The second-order valence-corrected chi connectivity index (χ2v) is 7.83. The molecular formula is C16H35N. The van der Waals surface area contributed by atoms with Crippen LogP contribution in [0.3, 0.4) is 0 Å². The van der Waals surface area contributed by atoms with Crippen LogP contribution in [0.25, 0.3) is 0 Å². The van der Waals surface area contributed by atoms with E-state index in [2.05, 4.69) is 60.4 Å². The van der Waals surface area contributed by atoms with Gasteiger partial charge in [0.2, 0.25) is 0 Å². The standard InChI is InChI=1S/C16H35N/c1-13(2)9-14(3)11-17(8)12-15(4)10-16(5,6)7/h13-15H,9-12H2,1-8H3. The van der Waals surface area contributed by atoms with Gasteiger partial charge in [-0.15, -0.1) is 0 Å². The third-order valence-corrected chi connectivity index (χ3v) is 3.08. The van der Waals surface area contributed by atoms with E-state index in [9.17, 15) is 0 Å². The summed E-state index contributed by atoms with van der Waals surface area (Å²) in [6, 6.07) is 0. The maximum absolute atomic E-state index is 2.52. The molecule has 0 bridgehead atoms. The van der Waals surface area contributed by atoms with Crippen LogP contribution in [-0.4, -0.2) is 25.0 Å². The largest absolute Gasteiger partial charge is 0.306 e. The lowest BCUT2D eigenvalue weighted by atomic mass is 9.85. The van der Waals surface area contributed by atoms with Crippen LogP contribution >= 0.6 is 0 Å². The van der Waals surface area contributed by atoms with E-state index in [1.807, 2.05) is 0 Å². The van der Waals surface area contributed by atoms with Gasteiger partial charge < -0.3 is 4.90 Å². The van der Waals surface area contributed by atoms with Gasteiger partial charge in [0.05, 0.1) is 0 Å². The summed E-state index contributed by atoms with van der Waals surface area (Å²) in [5, 5.41) is 0. The van der Waals surface area contributed by atoms with Crippen molar-refractivity contribution in [2.45, 2.75) is 61.3 Å². The Morgan fingerprint density at radius 2 is 1.35 bits per heavy atom. The summed E-state index contributed by atoms with van der Waals surface area (Å²) >= 11 is 0. The average molecular weight is 241 g/mol. The summed E-state index contributed by atoms with van der Waals surface area (Å²) in [6.45, 7) is 18.9. The van der Waals surface area contributed by atoms with Crippen LogP contribution in [-0.2, 0) is 0 Å². The van der Waals surface area contributed by atoms with Crippen LogP contribution in [0.2, 0.25) is 0 Å². The van der Waals surface area contributed by atoms with E-state index in [1.54, 1.807) is 0 Å². The van der Waals surface area contributed by atoms with Gasteiger partial charge in [-0.05, 0) is 43.1 Å². The second kappa shape index (κ2) is 7.41. The second-order valence-electron chi connectivity index (χ2n) is 7.83. The predicted octanol–water partition coefficient (Wildman–Crippen LogP) is 4.67. The first-order valence-electron chi connectivity index (χ1n) is 7.28. The molecule has 1 nitrogen and oxygen atoms in total. The van der Waals surface area contributed by atoms with Crippen molar-refractivity contribution < 1.29 is 0 Å². The maximum atomic E-state index is 2.52. The zero-order valence-corrected chi connectivity index (χ0v) is 13.5. The number of hydrogen-bond donors (Lipinski definition) is 0. The molecule has 0 aliphatic carbocycles. The zero-order valence-electron chi connectivity index (χ0n) is 13.5. The summed E-state index contributed by atoms with van der Waals surface area (Å²) in [5.74, 6) is 2.44. The Hall–Kier alpha value is -0.0400. The van der Waals surface area contributed by atoms with Gasteiger partial charge in [0.15, 0.2) is 0 Å². The molecule has 0 aromatic heterocycles. The van der Waals surface area contributed by atoms with Crippen LogP contribution < -0.4 is 0 Å². The Bertz CT molecular complexity index is 190. The number of rotatable bonds is 7. The molecule has 0 aromatic rings. The maximum Gasteiger partial charge on any atom is 0.000428 e. The van der Waals surface area contributed by atoms with E-state index >= 15 is 0 Å². The van der Waals surface area contributed by atoms with Crippen molar-refractivity contribution >= 4 is 0 Å². The lowest BCUT2D eigenvalue weighted by Gasteiger charge is -2.29. The molecule has 2 unspecified atom stereocenters. The van der Waals surface area contributed by atoms with Crippen molar-refractivity contribution in [3.8, 4) is 0 Å². The number of hydrogen-bond acceptors (Lipinski definition) is 1. The highest BCUT2D eigenvalue weighted by molar-refractivity contribution is 4.70. The fraction of sp³-hybridized carbons (Fsp3) is 1.00. The van der Waals surface area contributed by atoms with E-state index in [1.165, 1.54) is 25.9 Å². The van der Waals surface area contributed by atoms with Gasteiger partial charge in [-0.3, -0.25) is 0 Å². The van der Waals surface area contributed by atoms with Gasteiger partial charge in [0, 0.05) is 13.1 Å². The van der Waals surface area contributed by atoms with Crippen molar-refractivity contribution in [1.29, 1.82) is 0 Å². The van der Waals surface area contributed by atoms with Gasteiger partial charge in [0.25, 0.3) is 0 Å². The van der Waals surface area contributed by atoms with Crippen LogP contribution in [0.1, 0.15) is 61.3 Å². The van der Waals surface area contributed by atoms with Crippen LogP contribution in [0.4, 0.5) is 0 Å². The highest BCUT2D eigenvalue weighted by Gasteiger charge is 2.17. The fourth-order valence-corrected chi connectivity index (χ4v) is 3.13. The van der Waals surface area contributed by atoms with Gasteiger partial charge in [-0.25, -0.2) is 0 Å². The van der Waals surface area contributed by atoms with Gasteiger partial charge >= 0.3 is 0 Å². The molecule has 0 aliphatic rings. The molecule has 1 heteroatoms. The molecule has 0 aliphatic heterocycles. The van der Waals surface area contributed by atoms with Crippen molar-refractivity contribution in [3.63, 3.8) is 0 Å². The van der Waals surface area contributed by atoms with Crippen LogP contribution in [0.5, 0.6) is 0 Å². The van der Waals surface area contributed by atoms with Crippen LogP contribution in [0, 0.1) is 23.2 Å². The summed E-state index contributed by atoms with van der Waals surface area (Å²) in [4.78, 5) is 2.52. The van der Waals surface area contributed by atoms with Crippen LogP contribution in [0.15, 0.2) is 0 Å². The minimum absolute atomic E-state index is 0.462. The Labute approximate surface area is 110 Å². The smallest absolute Gasteiger partial charge is 0.000428 e. The van der Waals surface area contributed by atoms with Gasteiger partial charge in [-0.1, -0.05) is 48.5 Å². The SMILES string of the molecule is CC(C)CC(C)CN(C)CC(C)CC(C)(C)C. The van der Waals surface area contributed by atoms with Gasteiger partial charge in [0.1, 0.15) is 0 Å². The molecule has 17 heavy (non-hydrogen) atoms. The van der Waals surface area contributed by atoms with Crippen molar-refractivity contribution in [2.75, 3.05) is 20.1 Å². The van der Waals surface area contributed by atoms with E-state index in [0.29, 0.717) is 5.41 Å². The third-order valence-electron chi connectivity index (χ3n) is 3.08. The molecule has 0 saturated carbocycles. The molecule has 0 aromatic carbocycles. The molecule has 0 rings (SSSR count). The summed E-state index contributed by atoms with van der Waals surface area (Å²) in [5.41, 5.74) is 0.462. The summed E-state index contributed by atoms with van der Waals surface area (Å²) in [7, 11) is 2.27. The predicted molar refractivity (Wildman–Crippen MR) is 79.4 cm³/mol. The summed E-state index contributed by atoms with van der Waals surface area (Å²) in [6.07, 6.45) is 2.66. The van der Waals surface area contributed by atoms with Gasteiger partial charge in [-0.2, -0.15) is 0 Å². The quantitative estimate of drug-likeness (QED) is 0.626. The van der Waals surface area contributed by atoms with E-state index in [0.717, 1.165) is 17.8 Å². The number of nitrogens with zero attached hydrogens (tertiary/aromatic N) is 1. The van der Waals surface area contributed by atoms with E-state index < -0.39 is 0 Å². The molecule has 0 heterocycles.